The smallest absolute Gasteiger partial charge is 0.262 e. The van der Waals surface area contributed by atoms with Crippen LogP contribution in [-0.2, 0) is 10.0 Å². The number of nitrogens with one attached hydrogen (secondary N) is 1. The molecule has 6 heteroatoms. The minimum atomic E-state index is -3.71. The van der Waals surface area contributed by atoms with E-state index in [0.717, 1.165) is 0 Å². The number of halogens is 1. The van der Waals surface area contributed by atoms with Gasteiger partial charge >= 0.3 is 0 Å². The minimum absolute atomic E-state index is 0.155. The molecular weight excluding hydrogens is 281 g/mol. The molecule has 0 spiro atoms. The van der Waals surface area contributed by atoms with E-state index in [-0.39, 0.29) is 4.90 Å². The molecule has 0 aliphatic heterocycles. The highest BCUT2D eigenvalue weighted by molar-refractivity contribution is 7.92. The molecule has 0 saturated heterocycles. The molecule has 2 aromatic rings. The second-order valence-corrected chi connectivity index (χ2v) is 5.89. The highest BCUT2D eigenvalue weighted by atomic mass is 32.2. The topological polar surface area (TPSA) is 55.4 Å². The fourth-order valence-corrected chi connectivity index (χ4v) is 3.06. The predicted octanol–water partition coefficient (Wildman–Crippen LogP) is 2.94. The first-order chi connectivity index (χ1) is 9.42. The van der Waals surface area contributed by atoms with Crippen molar-refractivity contribution >= 4 is 15.7 Å². The Morgan fingerprint density at radius 2 is 1.75 bits per heavy atom. The molecule has 2 rings (SSSR count). The van der Waals surface area contributed by atoms with Crippen LogP contribution < -0.4 is 9.46 Å². The summed E-state index contributed by atoms with van der Waals surface area (Å²) in [5.74, 6) is 0.164. The van der Waals surface area contributed by atoms with E-state index in [1.54, 1.807) is 19.1 Å². The maximum absolute atomic E-state index is 12.8. The van der Waals surface area contributed by atoms with E-state index in [1.165, 1.54) is 37.4 Å². The summed E-state index contributed by atoms with van der Waals surface area (Å²) >= 11 is 0. The number of hydrogen-bond acceptors (Lipinski definition) is 3. The van der Waals surface area contributed by atoms with Crippen molar-refractivity contribution in [1.82, 2.24) is 0 Å². The van der Waals surface area contributed by atoms with Crippen LogP contribution in [0.3, 0.4) is 0 Å². The third kappa shape index (κ3) is 3.08. The van der Waals surface area contributed by atoms with Crippen molar-refractivity contribution in [1.29, 1.82) is 0 Å². The maximum Gasteiger partial charge on any atom is 0.262 e. The molecule has 0 atom stereocenters. The summed E-state index contributed by atoms with van der Waals surface area (Å²) in [6, 6.07) is 9.81. The standard InChI is InChI=1S/C14H14FNO3S/c1-10-9-13(19-2)7-8-14(10)20(17,18)16-12-5-3-11(15)4-6-12/h3-9,16H,1-2H3. The highest BCUT2D eigenvalue weighted by Gasteiger charge is 2.17. The van der Waals surface area contributed by atoms with Crippen LogP contribution >= 0.6 is 0 Å². The lowest BCUT2D eigenvalue weighted by Crippen LogP contribution is -2.14. The molecule has 0 bridgehead atoms. The zero-order chi connectivity index (χ0) is 14.8. The van der Waals surface area contributed by atoms with Gasteiger partial charge in [0.15, 0.2) is 0 Å². The summed E-state index contributed by atoms with van der Waals surface area (Å²) in [4.78, 5) is 0.155. The van der Waals surface area contributed by atoms with E-state index in [1.807, 2.05) is 0 Å². The Morgan fingerprint density at radius 3 is 2.30 bits per heavy atom. The lowest BCUT2D eigenvalue weighted by atomic mass is 10.2. The summed E-state index contributed by atoms with van der Waals surface area (Å²) in [6.45, 7) is 1.68. The molecule has 1 N–H and O–H groups in total. The van der Waals surface area contributed by atoms with E-state index in [4.69, 9.17) is 4.74 Å². The molecule has 2 aromatic carbocycles. The lowest BCUT2D eigenvalue weighted by Gasteiger charge is -2.11. The zero-order valence-electron chi connectivity index (χ0n) is 11.1. The third-order valence-corrected chi connectivity index (χ3v) is 4.31. The van der Waals surface area contributed by atoms with Crippen LogP contribution in [0.15, 0.2) is 47.4 Å². The molecule has 0 aliphatic carbocycles. The van der Waals surface area contributed by atoms with Crippen molar-refractivity contribution < 1.29 is 17.5 Å². The third-order valence-electron chi connectivity index (χ3n) is 2.77. The second-order valence-electron chi connectivity index (χ2n) is 4.24. The Hall–Kier alpha value is -2.08. The molecule has 0 fully saturated rings. The summed E-state index contributed by atoms with van der Waals surface area (Å²) < 4.78 is 44.8. The Labute approximate surface area is 117 Å². The SMILES string of the molecule is COc1ccc(S(=O)(=O)Nc2ccc(F)cc2)c(C)c1. The van der Waals surface area contributed by atoms with Gasteiger partial charge in [0.25, 0.3) is 10.0 Å². The van der Waals surface area contributed by atoms with E-state index < -0.39 is 15.8 Å². The van der Waals surface area contributed by atoms with Gasteiger partial charge in [-0.05, 0) is 55.0 Å². The number of hydrogen-bond donors (Lipinski definition) is 1. The molecule has 0 aliphatic rings. The van der Waals surface area contributed by atoms with Crippen LogP contribution in [0.2, 0.25) is 0 Å². The molecule has 0 unspecified atom stereocenters. The monoisotopic (exact) mass is 295 g/mol. The summed E-state index contributed by atoms with van der Waals surface area (Å²) in [6.07, 6.45) is 0. The van der Waals surface area contributed by atoms with Gasteiger partial charge in [-0.3, -0.25) is 4.72 Å². The second kappa shape index (κ2) is 5.50. The number of rotatable bonds is 4. The zero-order valence-corrected chi connectivity index (χ0v) is 11.9. The van der Waals surface area contributed by atoms with Crippen molar-refractivity contribution in [3.05, 3.63) is 53.8 Å². The number of methoxy groups -OCH3 is 1. The molecule has 0 saturated carbocycles. The Bertz CT molecular complexity index is 712. The molecule has 0 radical (unpaired) electrons. The van der Waals surface area contributed by atoms with Gasteiger partial charge in [0.1, 0.15) is 11.6 Å². The van der Waals surface area contributed by atoms with Crippen LogP contribution in [0.5, 0.6) is 5.75 Å². The quantitative estimate of drug-likeness (QED) is 0.943. The number of anilines is 1. The fourth-order valence-electron chi connectivity index (χ4n) is 1.78. The van der Waals surface area contributed by atoms with Crippen molar-refractivity contribution in [3.63, 3.8) is 0 Å². The predicted molar refractivity (Wildman–Crippen MR) is 74.9 cm³/mol. The van der Waals surface area contributed by atoms with E-state index in [9.17, 15) is 12.8 Å². The first-order valence-corrected chi connectivity index (χ1v) is 7.34. The summed E-state index contributed by atoms with van der Waals surface area (Å²) in [5.41, 5.74) is 0.876. The van der Waals surface area contributed by atoms with Crippen molar-refractivity contribution in [2.24, 2.45) is 0 Å². The first-order valence-electron chi connectivity index (χ1n) is 5.85. The van der Waals surface area contributed by atoms with Gasteiger partial charge in [-0.2, -0.15) is 0 Å². The van der Waals surface area contributed by atoms with Gasteiger partial charge < -0.3 is 4.74 Å². The molecule has 0 heterocycles. The van der Waals surface area contributed by atoms with Crippen LogP contribution in [0.1, 0.15) is 5.56 Å². The van der Waals surface area contributed by atoms with E-state index in [0.29, 0.717) is 17.0 Å². The van der Waals surface area contributed by atoms with Gasteiger partial charge in [0, 0.05) is 5.69 Å². The van der Waals surface area contributed by atoms with E-state index in [2.05, 4.69) is 4.72 Å². The van der Waals surface area contributed by atoms with Crippen LogP contribution in [0.4, 0.5) is 10.1 Å². The molecule has 20 heavy (non-hydrogen) atoms. The van der Waals surface area contributed by atoms with Gasteiger partial charge in [-0.25, -0.2) is 12.8 Å². The minimum Gasteiger partial charge on any atom is -0.497 e. The Balaban J connectivity index is 2.33. The van der Waals surface area contributed by atoms with Crippen LogP contribution in [-0.4, -0.2) is 15.5 Å². The molecule has 0 aromatic heterocycles. The largest absolute Gasteiger partial charge is 0.497 e. The average Bonchev–Trinajstić information content (AvgIpc) is 2.40. The van der Waals surface area contributed by atoms with Gasteiger partial charge in [0.2, 0.25) is 0 Å². The summed E-state index contributed by atoms with van der Waals surface area (Å²) in [5, 5.41) is 0. The van der Waals surface area contributed by atoms with Gasteiger partial charge in [0.05, 0.1) is 12.0 Å². The summed E-state index contributed by atoms with van der Waals surface area (Å²) in [7, 11) is -2.20. The highest BCUT2D eigenvalue weighted by Crippen LogP contribution is 2.23. The Morgan fingerprint density at radius 1 is 1.10 bits per heavy atom. The molecule has 4 nitrogen and oxygen atoms in total. The van der Waals surface area contributed by atoms with E-state index >= 15 is 0 Å². The number of sulfonamides is 1. The van der Waals surface area contributed by atoms with Crippen molar-refractivity contribution in [2.45, 2.75) is 11.8 Å². The normalized spacial score (nSPS) is 11.2. The van der Waals surface area contributed by atoms with Crippen LogP contribution in [0.25, 0.3) is 0 Å². The lowest BCUT2D eigenvalue weighted by molar-refractivity contribution is 0.414. The Kier molecular flexibility index (Phi) is 3.94. The van der Waals surface area contributed by atoms with Crippen molar-refractivity contribution in [2.75, 3.05) is 11.8 Å². The maximum atomic E-state index is 12.8. The fraction of sp³-hybridized carbons (Fsp3) is 0.143. The number of aryl methyl sites for hydroxylation is 1. The molecule has 106 valence electrons. The van der Waals surface area contributed by atoms with Crippen LogP contribution in [0, 0.1) is 12.7 Å². The first kappa shape index (κ1) is 14.3. The van der Waals surface area contributed by atoms with Crippen molar-refractivity contribution in [3.8, 4) is 5.75 Å². The van der Waals surface area contributed by atoms with Gasteiger partial charge in [-0.1, -0.05) is 0 Å². The molecular formula is C14H14FNO3S. The molecule has 0 amide bonds. The number of benzene rings is 2. The van der Waals surface area contributed by atoms with Gasteiger partial charge in [-0.15, -0.1) is 0 Å². The number of ether oxygens (including phenoxy) is 1. The average molecular weight is 295 g/mol.